The third kappa shape index (κ3) is 4.01. The lowest BCUT2D eigenvalue weighted by Gasteiger charge is -2.06. The molecule has 0 heterocycles. The number of hydrogen-bond donors (Lipinski definition) is 1. The van der Waals surface area contributed by atoms with Crippen molar-refractivity contribution >= 4 is 17.7 Å². The van der Waals surface area contributed by atoms with Gasteiger partial charge in [-0.2, -0.15) is 5.26 Å². The lowest BCUT2D eigenvalue weighted by atomic mass is 10.2. The zero-order valence-corrected chi connectivity index (χ0v) is 12.2. The molecule has 0 radical (unpaired) electrons. The fourth-order valence-electron chi connectivity index (χ4n) is 1.81. The van der Waals surface area contributed by atoms with E-state index in [0.29, 0.717) is 11.3 Å². The summed E-state index contributed by atoms with van der Waals surface area (Å²) in [6.07, 6.45) is 0.0234. The van der Waals surface area contributed by atoms with Gasteiger partial charge in [-0.15, -0.1) is 0 Å². The maximum atomic E-state index is 10.6. The molecule has 2 aromatic carbocycles. The van der Waals surface area contributed by atoms with E-state index < -0.39 is 5.97 Å². The van der Waals surface area contributed by atoms with E-state index in [2.05, 4.69) is 6.07 Å². The van der Waals surface area contributed by atoms with Crippen LogP contribution in [0, 0.1) is 11.3 Å². The first-order chi connectivity index (χ1) is 10.1. The molecule has 0 fully saturated rings. The van der Waals surface area contributed by atoms with Crippen molar-refractivity contribution in [2.75, 3.05) is 7.11 Å². The third-order valence-electron chi connectivity index (χ3n) is 2.81. The zero-order chi connectivity index (χ0) is 15.2. The van der Waals surface area contributed by atoms with Crippen LogP contribution in [0.2, 0.25) is 0 Å². The SMILES string of the molecule is COc1cc(Sc2ccc(CC(=O)O)cc2)ccc1C#N. The van der Waals surface area contributed by atoms with Crippen molar-refractivity contribution in [2.24, 2.45) is 0 Å². The van der Waals surface area contributed by atoms with Crippen molar-refractivity contribution in [3.05, 3.63) is 53.6 Å². The molecule has 0 aromatic heterocycles. The van der Waals surface area contributed by atoms with Gasteiger partial charge in [-0.05, 0) is 35.9 Å². The summed E-state index contributed by atoms with van der Waals surface area (Å²) in [5, 5.41) is 17.7. The van der Waals surface area contributed by atoms with Crippen LogP contribution in [0.4, 0.5) is 0 Å². The van der Waals surface area contributed by atoms with Gasteiger partial charge in [-0.1, -0.05) is 23.9 Å². The molecule has 0 aliphatic rings. The second kappa shape index (κ2) is 6.82. The van der Waals surface area contributed by atoms with Crippen LogP contribution in [-0.4, -0.2) is 18.2 Å². The highest BCUT2D eigenvalue weighted by atomic mass is 32.2. The predicted octanol–water partition coefficient (Wildman–Crippen LogP) is 3.35. The largest absolute Gasteiger partial charge is 0.495 e. The first-order valence-electron chi connectivity index (χ1n) is 6.19. The van der Waals surface area contributed by atoms with Crippen LogP contribution in [0.15, 0.2) is 52.3 Å². The fraction of sp³-hybridized carbons (Fsp3) is 0.125. The van der Waals surface area contributed by atoms with Gasteiger partial charge in [-0.25, -0.2) is 0 Å². The molecule has 0 saturated heterocycles. The molecule has 0 amide bonds. The number of carboxylic acids is 1. The maximum Gasteiger partial charge on any atom is 0.307 e. The van der Waals surface area contributed by atoms with Gasteiger partial charge in [-0.3, -0.25) is 4.79 Å². The molecular weight excluding hydrogens is 286 g/mol. The Hall–Kier alpha value is -2.45. The number of hydrogen-bond acceptors (Lipinski definition) is 4. The van der Waals surface area contributed by atoms with Crippen molar-refractivity contribution in [3.8, 4) is 11.8 Å². The lowest BCUT2D eigenvalue weighted by molar-refractivity contribution is -0.136. The number of carbonyl (C=O) groups is 1. The second-order valence-electron chi connectivity index (χ2n) is 4.29. The highest BCUT2D eigenvalue weighted by Gasteiger charge is 2.06. The monoisotopic (exact) mass is 299 g/mol. The summed E-state index contributed by atoms with van der Waals surface area (Å²) in [5.74, 6) is -0.294. The highest BCUT2D eigenvalue weighted by molar-refractivity contribution is 7.99. The van der Waals surface area contributed by atoms with E-state index in [1.807, 2.05) is 24.3 Å². The molecule has 2 aromatic rings. The van der Waals surface area contributed by atoms with E-state index in [0.717, 1.165) is 15.4 Å². The topological polar surface area (TPSA) is 70.3 Å². The smallest absolute Gasteiger partial charge is 0.307 e. The standard InChI is InChI=1S/C16H13NO3S/c1-20-15-9-14(7-4-12(15)10-17)21-13-5-2-11(3-6-13)8-16(18)19/h2-7,9H,8H2,1H3,(H,18,19). The van der Waals surface area contributed by atoms with Gasteiger partial charge in [0.2, 0.25) is 0 Å². The van der Waals surface area contributed by atoms with Crippen LogP contribution in [0.5, 0.6) is 5.75 Å². The molecule has 1 N–H and O–H groups in total. The summed E-state index contributed by atoms with van der Waals surface area (Å²) in [7, 11) is 1.53. The first-order valence-corrected chi connectivity index (χ1v) is 7.00. The van der Waals surface area contributed by atoms with Crippen LogP contribution >= 0.6 is 11.8 Å². The van der Waals surface area contributed by atoms with Crippen molar-refractivity contribution in [2.45, 2.75) is 16.2 Å². The first kappa shape index (κ1) is 14.9. The molecule has 5 heteroatoms. The Labute approximate surface area is 127 Å². The summed E-state index contributed by atoms with van der Waals surface area (Å²) in [4.78, 5) is 12.6. The van der Waals surface area contributed by atoms with Crippen molar-refractivity contribution in [1.82, 2.24) is 0 Å². The molecule has 0 spiro atoms. The number of nitrogens with zero attached hydrogens (tertiary/aromatic N) is 1. The summed E-state index contributed by atoms with van der Waals surface area (Å²) >= 11 is 1.53. The number of benzene rings is 2. The van der Waals surface area contributed by atoms with E-state index in [1.165, 1.54) is 18.9 Å². The van der Waals surface area contributed by atoms with Gasteiger partial charge in [0.25, 0.3) is 0 Å². The van der Waals surface area contributed by atoms with Crippen LogP contribution in [0.1, 0.15) is 11.1 Å². The molecular formula is C16H13NO3S. The Morgan fingerprint density at radius 3 is 2.48 bits per heavy atom. The number of carboxylic acid groups (broad SMARTS) is 1. The average Bonchev–Trinajstić information content (AvgIpc) is 2.48. The summed E-state index contributed by atoms with van der Waals surface area (Å²) < 4.78 is 5.18. The Bertz CT molecular complexity index is 690. The minimum atomic E-state index is -0.841. The molecule has 0 bridgehead atoms. The Morgan fingerprint density at radius 2 is 1.90 bits per heavy atom. The summed E-state index contributed by atoms with van der Waals surface area (Å²) in [6, 6.07) is 14.8. The highest BCUT2D eigenvalue weighted by Crippen LogP contribution is 2.31. The van der Waals surface area contributed by atoms with E-state index in [4.69, 9.17) is 15.1 Å². The fourth-order valence-corrected chi connectivity index (χ4v) is 2.66. The molecule has 0 aliphatic carbocycles. The Balaban J connectivity index is 2.15. The third-order valence-corrected chi connectivity index (χ3v) is 3.81. The predicted molar refractivity (Wildman–Crippen MR) is 79.6 cm³/mol. The number of rotatable bonds is 5. The average molecular weight is 299 g/mol. The van der Waals surface area contributed by atoms with Crippen LogP contribution in [0.25, 0.3) is 0 Å². The van der Waals surface area contributed by atoms with Crippen LogP contribution < -0.4 is 4.74 Å². The zero-order valence-electron chi connectivity index (χ0n) is 11.4. The molecule has 0 saturated carbocycles. The second-order valence-corrected chi connectivity index (χ2v) is 5.44. The molecule has 0 aliphatic heterocycles. The quantitative estimate of drug-likeness (QED) is 0.916. The minimum absolute atomic E-state index is 0.0234. The van der Waals surface area contributed by atoms with E-state index in [-0.39, 0.29) is 6.42 Å². The van der Waals surface area contributed by atoms with Gasteiger partial charge < -0.3 is 9.84 Å². The van der Waals surface area contributed by atoms with E-state index in [1.54, 1.807) is 18.2 Å². The molecule has 2 rings (SSSR count). The van der Waals surface area contributed by atoms with Gasteiger partial charge in [0.15, 0.2) is 0 Å². The molecule has 0 unspecified atom stereocenters. The Kier molecular flexibility index (Phi) is 4.85. The van der Waals surface area contributed by atoms with E-state index >= 15 is 0 Å². The van der Waals surface area contributed by atoms with Gasteiger partial charge in [0.1, 0.15) is 11.8 Å². The molecule has 4 nitrogen and oxygen atoms in total. The minimum Gasteiger partial charge on any atom is -0.495 e. The van der Waals surface area contributed by atoms with Gasteiger partial charge >= 0.3 is 5.97 Å². The van der Waals surface area contributed by atoms with Crippen molar-refractivity contribution < 1.29 is 14.6 Å². The number of nitriles is 1. The normalized spacial score (nSPS) is 9.90. The lowest BCUT2D eigenvalue weighted by Crippen LogP contribution is -1.99. The number of aliphatic carboxylic acids is 1. The van der Waals surface area contributed by atoms with Gasteiger partial charge in [0.05, 0.1) is 19.1 Å². The molecule has 0 atom stereocenters. The number of ether oxygens (including phenoxy) is 1. The molecule has 21 heavy (non-hydrogen) atoms. The van der Waals surface area contributed by atoms with Crippen LogP contribution in [0.3, 0.4) is 0 Å². The van der Waals surface area contributed by atoms with Crippen LogP contribution in [-0.2, 0) is 11.2 Å². The molecule has 106 valence electrons. The van der Waals surface area contributed by atoms with Crippen molar-refractivity contribution in [1.29, 1.82) is 5.26 Å². The van der Waals surface area contributed by atoms with Gasteiger partial charge in [0, 0.05) is 9.79 Å². The van der Waals surface area contributed by atoms with E-state index in [9.17, 15) is 4.79 Å². The number of methoxy groups -OCH3 is 1. The Morgan fingerprint density at radius 1 is 1.24 bits per heavy atom. The summed E-state index contributed by atoms with van der Waals surface area (Å²) in [6.45, 7) is 0. The van der Waals surface area contributed by atoms with Crippen molar-refractivity contribution in [3.63, 3.8) is 0 Å². The maximum absolute atomic E-state index is 10.6. The summed E-state index contributed by atoms with van der Waals surface area (Å²) in [5.41, 5.74) is 1.27.